The second-order valence-electron chi connectivity index (χ2n) is 6.21. The number of carbonyl (C=O) groups excluding carboxylic acids is 2. The molecule has 3 aromatic rings. The van der Waals surface area contributed by atoms with Crippen molar-refractivity contribution in [3.8, 4) is 10.8 Å². The van der Waals surface area contributed by atoms with Crippen LogP contribution < -0.4 is 5.32 Å². The first-order valence-corrected chi connectivity index (χ1v) is 9.67. The van der Waals surface area contributed by atoms with Crippen molar-refractivity contribution in [3.63, 3.8) is 0 Å². The second kappa shape index (κ2) is 6.83. The highest BCUT2D eigenvalue weighted by atomic mass is 35.5. The maximum atomic E-state index is 13.1. The molecule has 4 rings (SSSR count). The van der Waals surface area contributed by atoms with Gasteiger partial charge in [-0.2, -0.15) is 0 Å². The Morgan fingerprint density at radius 1 is 1.26 bits per heavy atom. The molecule has 1 unspecified atom stereocenters. The number of oxazole rings is 1. The molecule has 0 radical (unpaired) electrons. The van der Waals surface area contributed by atoms with E-state index in [2.05, 4.69) is 10.3 Å². The lowest BCUT2D eigenvalue weighted by atomic mass is 9.87. The predicted octanol–water partition coefficient (Wildman–Crippen LogP) is 4.41. The summed E-state index contributed by atoms with van der Waals surface area (Å²) in [5.74, 6) is 0.171. The Bertz CT molecular complexity index is 984. The van der Waals surface area contributed by atoms with Gasteiger partial charge in [-0.15, -0.1) is 11.3 Å². The predicted molar refractivity (Wildman–Crippen MR) is 102 cm³/mol. The number of carbonyl (C=O) groups is 2. The van der Waals surface area contributed by atoms with Crippen LogP contribution in [0.2, 0.25) is 5.02 Å². The number of hydrogen-bond acceptors (Lipinski definition) is 5. The molecule has 1 atom stereocenters. The summed E-state index contributed by atoms with van der Waals surface area (Å²) in [4.78, 5) is 32.2. The van der Waals surface area contributed by atoms with Gasteiger partial charge in [-0.3, -0.25) is 9.69 Å². The number of aromatic nitrogens is 1. The van der Waals surface area contributed by atoms with Gasteiger partial charge in [0.25, 0.3) is 5.91 Å². The second-order valence-corrected chi connectivity index (χ2v) is 7.59. The Balaban J connectivity index is 1.60. The molecule has 1 saturated heterocycles. The SMILES string of the molecule is CCC1(c2ccc(Cl)cc2)NC(=O)N(Cc2coc(-c3cccs3)n2)C1=O. The average Bonchev–Trinajstić information content (AvgIpc) is 3.39. The van der Waals surface area contributed by atoms with Gasteiger partial charge in [0.2, 0.25) is 5.89 Å². The van der Waals surface area contributed by atoms with Crippen LogP contribution in [0, 0.1) is 0 Å². The first-order valence-electron chi connectivity index (χ1n) is 8.42. The highest BCUT2D eigenvalue weighted by molar-refractivity contribution is 7.13. The minimum Gasteiger partial charge on any atom is -0.443 e. The molecule has 3 heterocycles. The summed E-state index contributed by atoms with van der Waals surface area (Å²) in [7, 11) is 0. The zero-order valence-corrected chi connectivity index (χ0v) is 16.0. The third-order valence-corrected chi connectivity index (χ3v) is 5.76. The number of thiophene rings is 1. The molecule has 1 aliphatic heterocycles. The van der Waals surface area contributed by atoms with Gasteiger partial charge in [-0.25, -0.2) is 9.78 Å². The molecule has 2 aromatic heterocycles. The van der Waals surface area contributed by atoms with Crippen molar-refractivity contribution in [3.05, 3.63) is 64.3 Å². The van der Waals surface area contributed by atoms with Crippen molar-refractivity contribution >= 4 is 34.9 Å². The first kappa shape index (κ1) is 17.8. The van der Waals surface area contributed by atoms with Gasteiger partial charge in [0.05, 0.1) is 17.1 Å². The van der Waals surface area contributed by atoms with Crippen LogP contribution in [-0.4, -0.2) is 21.8 Å². The number of rotatable bonds is 5. The van der Waals surface area contributed by atoms with Crippen molar-refractivity contribution in [2.45, 2.75) is 25.4 Å². The Labute approximate surface area is 164 Å². The summed E-state index contributed by atoms with van der Waals surface area (Å²) in [6, 6.07) is 10.3. The number of amides is 3. The fourth-order valence-electron chi connectivity index (χ4n) is 3.20. The molecule has 27 heavy (non-hydrogen) atoms. The van der Waals surface area contributed by atoms with E-state index in [0.717, 1.165) is 4.88 Å². The Kier molecular flexibility index (Phi) is 4.49. The Morgan fingerprint density at radius 3 is 2.70 bits per heavy atom. The van der Waals surface area contributed by atoms with Crippen LogP contribution in [0.3, 0.4) is 0 Å². The lowest BCUT2D eigenvalue weighted by Gasteiger charge is -2.25. The molecule has 0 spiro atoms. The molecule has 138 valence electrons. The van der Waals surface area contributed by atoms with Crippen molar-refractivity contribution in [1.29, 1.82) is 0 Å². The summed E-state index contributed by atoms with van der Waals surface area (Å²) in [5, 5.41) is 5.35. The van der Waals surface area contributed by atoms with E-state index < -0.39 is 11.6 Å². The van der Waals surface area contributed by atoms with Crippen LogP contribution in [0.1, 0.15) is 24.6 Å². The number of urea groups is 1. The number of hydrogen-bond donors (Lipinski definition) is 1. The lowest BCUT2D eigenvalue weighted by Crippen LogP contribution is -2.43. The third kappa shape index (κ3) is 3.02. The minimum atomic E-state index is -1.10. The lowest BCUT2D eigenvalue weighted by molar-refractivity contribution is -0.132. The number of imide groups is 1. The van der Waals surface area contributed by atoms with Gasteiger partial charge in [0.1, 0.15) is 11.8 Å². The van der Waals surface area contributed by atoms with Crippen LogP contribution in [0.25, 0.3) is 10.8 Å². The van der Waals surface area contributed by atoms with Gasteiger partial charge in [0, 0.05) is 5.02 Å². The molecule has 8 heteroatoms. The van der Waals surface area contributed by atoms with Crippen LogP contribution in [0.5, 0.6) is 0 Å². The quantitative estimate of drug-likeness (QED) is 0.642. The highest BCUT2D eigenvalue weighted by Crippen LogP contribution is 2.34. The molecule has 6 nitrogen and oxygen atoms in total. The smallest absolute Gasteiger partial charge is 0.325 e. The maximum Gasteiger partial charge on any atom is 0.325 e. The van der Waals surface area contributed by atoms with Gasteiger partial charge in [-0.05, 0) is 35.6 Å². The summed E-state index contributed by atoms with van der Waals surface area (Å²) in [6.07, 6.45) is 1.90. The molecule has 1 aliphatic rings. The Morgan fingerprint density at radius 2 is 2.04 bits per heavy atom. The standard InChI is InChI=1S/C19H16ClN3O3S/c1-2-19(12-5-7-13(20)8-6-12)17(24)23(18(25)22-19)10-14-11-26-16(21-14)15-4-3-9-27-15/h3-9,11H,2,10H2,1H3,(H,22,25). The van der Waals surface area contributed by atoms with Crippen LogP contribution in [0.15, 0.2) is 52.5 Å². The van der Waals surface area contributed by atoms with E-state index in [9.17, 15) is 9.59 Å². The van der Waals surface area contributed by atoms with Gasteiger partial charge < -0.3 is 9.73 Å². The van der Waals surface area contributed by atoms with E-state index in [1.54, 1.807) is 24.3 Å². The molecule has 0 saturated carbocycles. The van der Waals surface area contributed by atoms with Crippen LogP contribution in [-0.2, 0) is 16.9 Å². The van der Waals surface area contributed by atoms with Crippen molar-refractivity contribution < 1.29 is 14.0 Å². The summed E-state index contributed by atoms with van der Waals surface area (Å²) in [5.41, 5.74) is 0.127. The summed E-state index contributed by atoms with van der Waals surface area (Å²) < 4.78 is 5.48. The third-order valence-electron chi connectivity index (χ3n) is 4.65. The number of nitrogens with zero attached hydrogens (tertiary/aromatic N) is 2. The molecule has 0 bridgehead atoms. The summed E-state index contributed by atoms with van der Waals surface area (Å²) in [6.45, 7) is 1.91. The van der Waals surface area contributed by atoms with Crippen molar-refractivity contribution in [2.24, 2.45) is 0 Å². The molecule has 1 aromatic carbocycles. The van der Waals surface area contributed by atoms with E-state index >= 15 is 0 Å². The zero-order valence-electron chi connectivity index (χ0n) is 14.4. The van der Waals surface area contributed by atoms with E-state index in [1.807, 2.05) is 24.4 Å². The van der Waals surface area contributed by atoms with Gasteiger partial charge in [0.15, 0.2) is 0 Å². The normalized spacial score (nSPS) is 19.6. The average molecular weight is 402 g/mol. The fourth-order valence-corrected chi connectivity index (χ4v) is 3.98. The number of halogens is 1. The van der Waals surface area contributed by atoms with Gasteiger partial charge in [-0.1, -0.05) is 36.7 Å². The van der Waals surface area contributed by atoms with Crippen molar-refractivity contribution in [2.75, 3.05) is 0 Å². The number of benzene rings is 1. The van der Waals surface area contributed by atoms with E-state index in [4.69, 9.17) is 16.0 Å². The maximum absolute atomic E-state index is 13.1. The molecule has 1 N–H and O–H groups in total. The number of nitrogens with one attached hydrogen (secondary N) is 1. The molecular weight excluding hydrogens is 386 g/mol. The molecule has 0 aliphatic carbocycles. The summed E-state index contributed by atoms with van der Waals surface area (Å²) >= 11 is 7.46. The molecular formula is C19H16ClN3O3S. The Hall–Kier alpha value is -2.64. The van der Waals surface area contributed by atoms with E-state index in [-0.39, 0.29) is 12.5 Å². The highest BCUT2D eigenvalue weighted by Gasteiger charge is 2.51. The van der Waals surface area contributed by atoms with Crippen molar-refractivity contribution in [1.82, 2.24) is 15.2 Å². The molecule has 1 fully saturated rings. The first-order chi connectivity index (χ1) is 13.0. The zero-order chi connectivity index (χ0) is 19.0. The van der Waals surface area contributed by atoms with Crippen LogP contribution >= 0.6 is 22.9 Å². The monoisotopic (exact) mass is 401 g/mol. The largest absolute Gasteiger partial charge is 0.443 e. The fraction of sp³-hybridized carbons (Fsp3) is 0.211. The molecule has 3 amide bonds. The minimum absolute atomic E-state index is 0.0505. The van der Waals surface area contributed by atoms with Gasteiger partial charge >= 0.3 is 6.03 Å². The topological polar surface area (TPSA) is 75.4 Å². The van der Waals surface area contributed by atoms with E-state index in [1.165, 1.54) is 22.5 Å². The van der Waals surface area contributed by atoms with Crippen LogP contribution in [0.4, 0.5) is 4.79 Å². The van der Waals surface area contributed by atoms with E-state index in [0.29, 0.717) is 28.6 Å².